The SMILES string of the molecule is NN(C(=O)C1CCCCC1)c1ccc(CCCC(=O)O)cc1. The van der Waals surface area contributed by atoms with E-state index in [1.807, 2.05) is 24.3 Å². The second-order valence-electron chi connectivity index (χ2n) is 5.96. The highest BCUT2D eigenvalue weighted by molar-refractivity contribution is 5.93. The largest absolute Gasteiger partial charge is 0.481 e. The molecule has 1 aromatic carbocycles. The molecule has 5 nitrogen and oxygen atoms in total. The molecule has 0 atom stereocenters. The molecule has 1 amide bonds. The maximum Gasteiger partial charge on any atom is 0.303 e. The number of hydrogen-bond donors (Lipinski definition) is 2. The minimum Gasteiger partial charge on any atom is -0.481 e. The first kappa shape index (κ1) is 16.5. The Morgan fingerprint density at radius 3 is 2.36 bits per heavy atom. The van der Waals surface area contributed by atoms with Crippen molar-refractivity contribution < 1.29 is 14.7 Å². The minimum absolute atomic E-state index is 0.00155. The molecule has 0 heterocycles. The second-order valence-corrected chi connectivity index (χ2v) is 5.96. The smallest absolute Gasteiger partial charge is 0.303 e. The summed E-state index contributed by atoms with van der Waals surface area (Å²) in [6, 6.07) is 7.48. The number of carboxylic acid groups (broad SMARTS) is 1. The van der Waals surface area contributed by atoms with Crippen LogP contribution in [-0.4, -0.2) is 17.0 Å². The number of aliphatic carboxylic acids is 1. The van der Waals surface area contributed by atoms with Crippen molar-refractivity contribution in [2.75, 3.05) is 5.01 Å². The molecule has 0 aliphatic heterocycles. The van der Waals surface area contributed by atoms with E-state index in [9.17, 15) is 9.59 Å². The van der Waals surface area contributed by atoms with Crippen LogP contribution in [0.5, 0.6) is 0 Å². The number of aryl methyl sites for hydroxylation is 1. The van der Waals surface area contributed by atoms with E-state index >= 15 is 0 Å². The minimum atomic E-state index is -0.775. The molecular formula is C17H24N2O3. The van der Waals surface area contributed by atoms with E-state index in [1.54, 1.807) is 0 Å². The summed E-state index contributed by atoms with van der Waals surface area (Å²) in [7, 11) is 0. The number of rotatable bonds is 6. The Hall–Kier alpha value is -1.88. The molecule has 2 rings (SSSR count). The molecular weight excluding hydrogens is 280 g/mol. The van der Waals surface area contributed by atoms with Crippen LogP contribution in [0.3, 0.4) is 0 Å². The van der Waals surface area contributed by atoms with E-state index in [0.717, 1.165) is 31.2 Å². The summed E-state index contributed by atoms with van der Waals surface area (Å²) in [5.41, 5.74) is 1.75. The zero-order chi connectivity index (χ0) is 15.9. The predicted octanol–water partition coefficient (Wildman–Crippen LogP) is 2.88. The van der Waals surface area contributed by atoms with Gasteiger partial charge in [0.1, 0.15) is 0 Å². The predicted molar refractivity (Wildman–Crippen MR) is 85.3 cm³/mol. The van der Waals surface area contributed by atoms with Gasteiger partial charge in [0.2, 0.25) is 5.91 Å². The van der Waals surface area contributed by atoms with Crippen molar-refractivity contribution in [2.45, 2.75) is 51.4 Å². The Kier molecular flexibility index (Phi) is 5.95. The zero-order valence-corrected chi connectivity index (χ0v) is 12.8. The zero-order valence-electron chi connectivity index (χ0n) is 12.8. The number of hydrazine groups is 1. The third-order valence-corrected chi connectivity index (χ3v) is 4.26. The summed E-state index contributed by atoms with van der Waals surface area (Å²) < 4.78 is 0. The lowest BCUT2D eigenvalue weighted by Crippen LogP contribution is -2.42. The van der Waals surface area contributed by atoms with Crippen molar-refractivity contribution in [3.8, 4) is 0 Å². The van der Waals surface area contributed by atoms with Crippen LogP contribution < -0.4 is 10.9 Å². The normalized spacial score (nSPS) is 15.5. The summed E-state index contributed by atoms with van der Waals surface area (Å²) in [5, 5.41) is 9.89. The fraction of sp³-hybridized carbons (Fsp3) is 0.529. The van der Waals surface area contributed by atoms with E-state index < -0.39 is 5.97 Å². The summed E-state index contributed by atoms with van der Waals surface area (Å²) in [4.78, 5) is 22.9. The topological polar surface area (TPSA) is 83.6 Å². The molecule has 3 N–H and O–H groups in total. The molecule has 5 heteroatoms. The highest BCUT2D eigenvalue weighted by atomic mass is 16.4. The van der Waals surface area contributed by atoms with Gasteiger partial charge in [0.15, 0.2) is 0 Å². The summed E-state index contributed by atoms with van der Waals surface area (Å²) in [5.74, 6) is 5.24. The number of carbonyl (C=O) groups excluding carboxylic acids is 1. The number of benzene rings is 1. The molecule has 1 fully saturated rings. The van der Waals surface area contributed by atoms with Gasteiger partial charge in [0.05, 0.1) is 5.69 Å². The summed E-state index contributed by atoms with van der Waals surface area (Å²) >= 11 is 0. The molecule has 1 aliphatic carbocycles. The maximum absolute atomic E-state index is 12.4. The molecule has 120 valence electrons. The van der Waals surface area contributed by atoms with E-state index in [4.69, 9.17) is 10.9 Å². The average Bonchev–Trinajstić information content (AvgIpc) is 2.54. The molecule has 1 saturated carbocycles. The Morgan fingerprint density at radius 2 is 1.77 bits per heavy atom. The molecule has 0 bridgehead atoms. The average molecular weight is 304 g/mol. The lowest BCUT2D eigenvalue weighted by Gasteiger charge is -2.26. The van der Waals surface area contributed by atoms with Crippen molar-refractivity contribution >= 4 is 17.6 Å². The number of carboxylic acids is 1. The quantitative estimate of drug-likeness (QED) is 0.481. The number of nitrogens with zero attached hydrogens (tertiary/aromatic N) is 1. The summed E-state index contributed by atoms with van der Waals surface area (Å²) in [6.45, 7) is 0. The lowest BCUT2D eigenvalue weighted by atomic mass is 9.88. The van der Waals surface area contributed by atoms with Gasteiger partial charge in [-0.3, -0.25) is 9.59 Å². The Morgan fingerprint density at radius 1 is 1.14 bits per heavy atom. The molecule has 0 unspecified atom stereocenters. The fourth-order valence-electron chi connectivity index (χ4n) is 2.94. The van der Waals surface area contributed by atoms with E-state index in [1.165, 1.54) is 11.4 Å². The van der Waals surface area contributed by atoms with Crippen LogP contribution in [0.1, 0.15) is 50.5 Å². The van der Waals surface area contributed by atoms with Gasteiger partial charge in [-0.15, -0.1) is 0 Å². The molecule has 0 aromatic heterocycles. The fourth-order valence-corrected chi connectivity index (χ4v) is 2.94. The van der Waals surface area contributed by atoms with Crippen molar-refractivity contribution in [1.29, 1.82) is 0 Å². The number of hydrogen-bond acceptors (Lipinski definition) is 3. The number of carbonyl (C=O) groups is 2. The first-order valence-electron chi connectivity index (χ1n) is 7.97. The van der Waals surface area contributed by atoms with Crippen LogP contribution in [0.15, 0.2) is 24.3 Å². The Bertz CT molecular complexity index is 507. The van der Waals surface area contributed by atoms with Gasteiger partial charge in [0, 0.05) is 12.3 Å². The Balaban J connectivity index is 1.91. The van der Waals surface area contributed by atoms with Crippen LogP contribution in [0, 0.1) is 5.92 Å². The highest BCUT2D eigenvalue weighted by Gasteiger charge is 2.25. The molecule has 0 saturated heterocycles. The van der Waals surface area contributed by atoms with Crippen LogP contribution in [-0.2, 0) is 16.0 Å². The Labute approximate surface area is 131 Å². The van der Waals surface area contributed by atoms with Gasteiger partial charge in [-0.2, -0.15) is 0 Å². The summed E-state index contributed by atoms with van der Waals surface area (Å²) in [6.07, 6.45) is 6.78. The van der Waals surface area contributed by atoms with Gasteiger partial charge in [0.25, 0.3) is 0 Å². The third kappa shape index (κ3) is 4.56. The number of nitrogens with two attached hydrogens (primary N) is 1. The maximum atomic E-state index is 12.4. The monoisotopic (exact) mass is 304 g/mol. The molecule has 0 radical (unpaired) electrons. The first-order chi connectivity index (χ1) is 10.6. The van der Waals surface area contributed by atoms with Gasteiger partial charge in [-0.05, 0) is 43.4 Å². The molecule has 1 aliphatic rings. The van der Waals surface area contributed by atoms with Crippen molar-refractivity contribution in [2.24, 2.45) is 11.8 Å². The van der Waals surface area contributed by atoms with E-state index in [-0.39, 0.29) is 18.2 Å². The highest BCUT2D eigenvalue weighted by Crippen LogP contribution is 2.26. The molecule has 22 heavy (non-hydrogen) atoms. The number of amides is 1. The van der Waals surface area contributed by atoms with Crippen molar-refractivity contribution in [3.63, 3.8) is 0 Å². The van der Waals surface area contributed by atoms with Gasteiger partial charge in [-0.25, -0.2) is 10.9 Å². The van der Waals surface area contributed by atoms with Gasteiger partial charge < -0.3 is 5.11 Å². The molecule has 0 spiro atoms. The molecule has 1 aromatic rings. The lowest BCUT2D eigenvalue weighted by molar-refractivity contribution is -0.137. The van der Waals surface area contributed by atoms with E-state index in [0.29, 0.717) is 18.5 Å². The van der Waals surface area contributed by atoms with Gasteiger partial charge in [-0.1, -0.05) is 31.4 Å². The van der Waals surface area contributed by atoms with E-state index in [2.05, 4.69) is 0 Å². The van der Waals surface area contributed by atoms with Crippen LogP contribution in [0.4, 0.5) is 5.69 Å². The van der Waals surface area contributed by atoms with Crippen LogP contribution in [0.25, 0.3) is 0 Å². The standard InChI is InChI=1S/C17H24N2O3/c18-19(17(22)14-6-2-1-3-7-14)15-11-9-13(10-12-15)5-4-8-16(20)21/h9-12,14H,1-8,18H2,(H,20,21). The first-order valence-corrected chi connectivity index (χ1v) is 7.97. The van der Waals surface area contributed by atoms with Crippen molar-refractivity contribution in [3.05, 3.63) is 29.8 Å². The number of anilines is 1. The van der Waals surface area contributed by atoms with Crippen molar-refractivity contribution in [1.82, 2.24) is 0 Å². The second kappa shape index (κ2) is 7.94. The third-order valence-electron chi connectivity index (χ3n) is 4.26. The van der Waals surface area contributed by atoms with Gasteiger partial charge >= 0.3 is 5.97 Å². The van der Waals surface area contributed by atoms with Crippen LogP contribution in [0.2, 0.25) is 0 Å². The van der Waals surface area contributed by atoms with Crippen LogP contribution >= 0.6 is 0 Å².